The van der Waals surface area contributed by atoms with Crippen LogP contribution in [0.25, 0.3) is 0 Å². The van der Waals surface area contributed by atoms with Crippen LogP contribution < -0.4 is 5.73 Å². The van der Waals surface area contributed by atoms with Gasteiger partial charge in [0.25, 0.3) is 0 Å². The summed E-state index contributed by atoms with van der Waals surface area (Å²) in [4.78, 5) is 0. The Balaban J connectivity index is 2.02. The van der Waals surface area contributed by atoms with Crippen LogP contribution in [0.5, 0.6) is 0 Å². The van der Waals surface area contributed by atoms with E-state index in [1.165, 1.54) is 6.07 Å². The molecule has 0 bridgehead atoms. The van der Waals surface area contributed by atoms with Gasteiger partial charge in [0, 0.05) is 19.3 Å². The number of hydrogen-bond donors (Lipinski definition) is 1. The van der Waals surface area contributed by atoms with E-state index in [0.29, 0.717) is 5.92 Å². The highest BCUT2D eigenvalue weighted by Gasteiger charge is 2.19. The predicted octanol–water partition coefficient (Wildman–Crippen LogP) is 2.95. The van der Waals surface area contributed by atoms with Crippen molar-refractivity contribution in [2.24, 2.45) is 11.7 Å². The summed E-state index contributed by atoms with van der Waals surface area (Å²) < 4.78 is 18.5. The number of halogens is 1. The summed E-state index contributed by atoms with van der Waals surface area (Å²) >= 11 is 0. The third-order valence-corrected chi connectivity index (χ3v) is 3.57. The van der Waals surface area contributed by atoms with E-state index < -0.39 is 0 Å². The van der Waals surface area contributed by atoms with Crippen LogP contribution in [-0.4, -0.2) is 13.2 Å². The molecule has 1 unspecified atom stereocenters. The van der Waals surface area contributed by atoms with E-state index in [2.05, 4.69) is 0 Å². The summed E-state index contributed by atoms with van der Waals surface area (Å²) in [5.41, 5.74) is 8.20. The van der Waals surface area contributed by atoms with E-state index in [1.807, 2.05) is 6.92 Å². The van der Waals surface area contributed by atoms with Crippen LogP contribution >= 0.6 is 0 Å². The van der Waals surface area contributed by atoms with E-state index in [9.17, 15) is 4.39 Å². The molecule has 0 radical (unpaired) electrons. The number of hydrogen-bond acceptors (Lipinski definition) is 2. The third kappa shape index (κ3) is 3.27. The molecule has 2 nitrogen and oxygen atoms in total. The normalized spacial score (nSPS) is 19.2. The summed E-state index contributed by atoms with van der Waals surface area (Å²) in [6, 6.07) is 4.79. The molecular formula is C14H20FNO. The van der Waals surface area contributed by atoms with E-state index in [4.69, 9.17) is 10.5 Å². The molecule has 0 aliphatic carbocycles. The number of aryl methyl sites for hydroxylation is 1. The molecule has 1 atom stereocenters. The first-order valence-corrected chi connectivity index (χ1v) is 6.26. The first-order chi connectivity index (χ1) is 8.16. The fourth-order valence-electron chi connectivity index (χ4n) is 2.48. The van der Waals surface area contributed by atoms with Gasteiger partial charge in [-0.05, 0) is 55.4 Å². The van der Waals surface area contributed by atoms with E-state index in [0.717, 1.165) is 43.6 Å². The van der Waals surface area contributed by atoms with Gasteiger partial charge in [0.05, 0.1) is 0 Å². The average Bonchev–Trinajstić information content (AvgIpc) is 2.33. The molecule has 1 aliphatic rings. The third-order valence-electron chi connectivity index (χ3n) is 3.57. The van der Waals surface area contributed by atoms with Crippen LogP contribution in [0.4, 0.5) is 4.39 Å². The average molecular weight is 237 g/mol. The van der Waals surface area contributed by atoms with Crippen molar-refractivity contribution in [3.8, 4) is 0 Å². The zero-order valence-corrected chi connectivity index (χ0v) is 10.3. The molecule has 2 N–H and O–H groups in total. The molecule has 0 spiro atoms. The monoisotopic (exact) mass is 237 g/mol. The Hall–Kier alpha value is -0.930. The second-order valence-electron chi connectivity index (χ2n) is 4.90. The van der Waals surface area contributed by atoms with Crippen LogP contribution in [-0.2, 0) is 4.74 Å². The maximum atomic E-state index is 13.2. The Morgan fingerprint density at radius 2 is 2.12 bits per heavy atom. The Labute approximate surface area is 102 Å². The Morgan fingerprint density at radius 3 is 2.82 bits per heavy atom. The highest BCUT2D eigenvalue weighted by atomic mass is 19.1. The van der Waals surface area contributed by atoms with E-state index in [-0.39, 0.29) is 11.9 Å². The van der Waals surface area contributed by atoms with Gasteiger partial charge in [-0.1, -0.05) is 6.07 Å². The van der Waals surface area contributed by atoms with E-state index in [1.54, 1.807) is 12.1 Å². The first kappa shape index (κ1) is 12.5. The fourth-order valence-corrected chi connectivity index (χ4v) is 2.48. The van der Waals surface area contributed by atoms with Gasteiger partial charge in [0.15, 0.2) is 0 Å². The van der Waals surface area contributed by atoms with Gasteiger partial charge < -0.3 is 10.5 Å². The Morgan fingerprint density at radius 1 is 1.41 bits per heavy atom. The second kappa shape index (κ2) is 5.61. The lowest BCUT2D eigenvalue weighted by atomic mass is 9.88. The molecule has 1 aliphatic heterocycles. The van der Waals surface area contributed by atoms with Gasteiger partial charge in [-0.15, -0.1) is 0 Å². The molecule has 3 heteroatoms. The highest BCUT2D eigenvalue weighted by molar-refractivity contribution is 5.29. The van der Waals surface area contributed by atoms with Gasteiger partial charge in [-0.3, -0.25) is 0 Å². The molecule has 94 valence electrons. The molecule has 17 heavy (non-hydrogen) atoms. The largest absolute Gasteiger partial charge is 0.381 e. The summed E-state index contributed by atoms with van der Waals surface area (Å²) in [5.74, 6) is 0.412. The molecule has 1 aromatic carbocycles. The van der Waals surface area contributed by atoms with Crippen LogP contribution in [0.15, 0.2) is 18.2 Å². The topological polar surface area (TPSA) is 35.2 Å². The van der Waals surface area contributed by atoms with Crippen molar-refractivity contribution >= 4 is 0 Å². The summed E-state index contributed by atoms with van der Waals surface area (Å²) in [6.07, 6.45) is 3.07. The van der Waals surface area contributed by atoms with Gasteiger partial charge >= 0.3 is 0 Å². The minimum absolute atomic E-state index is 0.0613. The lowest BCUT2D eigenvalue weighted by Gasteiger charge is -2.25. The van der Waals surface area contributed by atoms with Gasteiger partial charge in [0.2, 0.25) is 0 Å². The minimum atomic E-state index is -0.201. The molecule has 2 rings (SSSR count). The van der Waals surface area contributed by atoms with Crippen molar-refractivity contribution in [2.75, 3.05) is 13.2 Å². The van der Waals surface area contributed by atoms with Crippen molar-refractivity contribution in [2.45, 2.75) is 32.2 Å². The molecule has 1 heterocycles. The standard InChI is InChI=1S/C14H20FNO/c1-10-2-3-12(15)9-13(10)14(16)8-11-4-6-17-7-5-11/h2-3,9,11,14H,4-8,16H2,1H3. The zero-order valence-electron chi connectivity index (χ0n) is 10.3. The van der Waals surface area contributed by atoms with Crippen LogP contribution in [0, 0.1) is 18.7 Å². The highest BCUT2D eigenvalue weighted by Crippen LogP contribution is 2.27. The SMILES string of the molecule is Cc1ccc(F)cc1C(N)CC1CCOCC1. The second-order valence-corrected chi connectivity index (χ2v) is 4.90. The predicted molar refractivity (Wildman–Crippen MR) is 66.2 cm³/mol. The van der Waals surface area contributed by atoms with Crippen molar-refractivity contribution in [1.29, 1.82) is 0 Å². The van der Waals surface area contributed by atoms with Crippen molar-refractivity contribution in [3.05, 3.63) is 35.1 Å². The van der Waals surface area contributed by atoms with Crippen molar-refractivity contribution in [1.82, 2.24) is 0 Å². The lowest BCUT2D eigenvalue weighted by Crippen LogP contribution is -2.22. The van der Waals surface area contributed by atoms with Crippen LogP contribution in [0.1, 0.15) is 36.4 Å². The number of ether oxygens (including phenoxy) is 1. The first-order valence-electron chi connectivity index (χ1n) is 6.26. The fraction of sp³-hybridized carbons (Fsp3) is 0.571. The summed E-state index contributed by atoms with van der Waals surface area (Å²) in [7, 11) is 0. The maximum Gasteiger partial charge on any atom is 0.123 e. The molecule has 0 saturated carbocycles. The Bertz CT molecular complexity index is 374. The van der Waals surface area contributed by atoms with Crippen molar-refractivity contribution < 1.29 is 9.13 Å². The van der Waals surface area contributed by atoms with Gasteiger partial charge in [0.1, 0.15) is 5.82 Å². The lowest BCUT2D eigenvalue weighted by molar-refractivity contribution is 0.0618. The smallest absolute Gasteiger partial charge is 0.123 e. The molecule has 0 amide bonds. The summed E-state index contributed by atoms with van der Waals surface area (Å²) in [5, 5.41) is 0. The minimum Gasteiger partial charge on any atom is -0.381 e. The van der Waals surface area contributed by atoms with Gasteiger partial charge in [-0.2, -0.15) is 0 Å². The molecule has 1 aromatic rings. The van der Waals surface area contributed by atoms with Gasteiger partial charge in [-0.25, -0.2) is 4.39 Å². The summed E-state index contributed by atoms with van der Waals surface area (Å²) in [6.45, 7) is 3.65. The van der Waals surface area contributed by atoms with Crippen LogP contribution in [0.3, 0.4) is 0 Å². The maximum absolute atomic E-state index is 13.2. The molecule has 1 fully saturated rings. The number of rotatable bonds is 3. The zero-order chi connectivity index (χ0) is 12.3. The van der Waals surface area contributed by atoms with E-state index >= 15 is 0 Å². The number of benzene rings is 1. The molecule has 1 saturated heterocycles. The Kier molecular flexibility index (Phi) is 4.13. The van der Waals surface area contributed by atoms with Crippen LogP contribution in [0.2, 0.25) is 0 Å². The quantitative estimate of drug-likeness (QED) is 0.877. The van der Waals surface area contributed by atoms with Crippen molar-refractivity contribution in [3.63, 3.8) is 0 Å². The molecular weight excluding hydrogens is 217 g/mol. The molecule has 0 aromatic heterocycles. The number of nitrogens with two attached hydrogens (primary N) is 1.